The summed E-state index contributed by atoms with van der Waals surface area (Å²) in [4.78, 5) is 18.3. The standard InChI is InChI=1S/C7H9N3O3.HNO3/c1-13-5-2-3-7(10(11)12)6(4-5)9-8;2-1(3)4/h2-4,9H,8H2,1H3;(H,2,3,4). The number of hydrazine groups is 1. The van der Waals surface area contributed by atoms with Crippen LogP contribution in [-0.2, 0) is 0 Å². The molecule has 94 valence electrons. The lowest BCUT2D eigenvalue weighted by atomic mass is 10.2. The van der Waals surface area contributed by atoms with E-state index in [1.165, 1.54) is 25.3 Å². The molecule has 0 amide bonds. The Bertz CT molecular complexity index is 405. The maximum atomic E-state index is 10.4. The number of nitro groups is 1. The monoisotopic (exact) mass is 246 g/mol. The quantitative estimate of drug-likeness (QED) is 0.396. The molecule has 0 fully saturated rings. The summed E-state index contributed by atoms with van der Waals surface area (Å²) in [6.07, 6.45) is 0. The van der Waals surface area contributed by atoms with Crippen molar-refractivity contribution in [1.29, 1.82) is 0 Å². The van der Waals surface area contributed by atoms with Crippen LogP contribution in [0.3, 0.4) is 0 Å². The zero-order chi connectivity index (χ0) is 13.4. The third-order valence-corrected chi connectivity index (χ3v) is 1.56. The van der Waals surface area contributed by atoms with Crippen LogP contribution in [0.5, 0.6) is 5.75 Å². The number of hydrogen-bond donors (Lipinski definition) is 3. The average Bonchev–Trinajstić information content (AvgIpc) is 2.27. The molecule has 4 N–H and O–H groups in total. The fraction of sp³-hybridized carbons (Fsp3) is 0.143. The van der Waals surface area contributed by atoms with E-state index in [2.05, 4.69) is 5.43 Å². The molecule has 0 aliphatic heterocycles. The lowest BCUT2D eigenvalue weighted by molar-refractivity contribution is -0.742. The number of rotatable bonds is 3. The molecule has 0 unspecified atom stereocenters. The van der Waals surface area contributed by atoms with Crippen LogP contribution >= 0.6 is 0 Å². The van der Waals surface area contributed by atoms with E-state index in [0.29, 0.717) is 5.75 Å². The van der Waals surface area contributed by atoms with Gasteiger partial charge in [-0.3, -0.25) is 16.0 Å². The molecule has 1 aromatic carbocycles. The van der Waals surface area contributed by atoms with Gasteiger partial charge in [-0.2, -0.15) is 0 Å². The Morgan fingerprint density at radius 3 is 2.29 bits per heavy atom. The minimum atomic E-state index is -1.50. The summed E-state index contributed by atoms with van der Waals surface area (Å²) in [5.74, 6) is 5.61. The third-order valence-electron chi connectivity index (χ3n) is 1.56. The molecule has 1 rings (SSSR count). The zero-order valence-electron chi connectivity index (χ0n) is 8.69. The molecular weight excluding hydrogens is 236 g/mol. The summed E-state index contributed by atoms with van der Waals surface area (Å²) in [6.45, 7) is 0. The SMILES string of the molecule is COc1ccc([N+](=O)[O-])c(NN)c1.O=[N+]([O-])O. The summed E-state index contributed by atoms with van der Waals surface area (Å²) < 4.78 is 4.87. The summed E-state index contributed by atoms with van der Waals surface area (Å²) in [6, 6.07) is 4.28. The first-order chi connectivity index (χ1) is 7.92. The molecule has 0 radical (unpaired) electrons. The van der Waals surface area contributed by atoms with Crippen LogP contribution in [-0.4, -0.2) is 22.3 Å². The van der Waals surface area contributed by atoms with Gasteiger partial charge in [0.15, 0.2) is 0 Å². The van der Waals surface area contributed by atoms with Crippen LogP contribution in [0.25, 0.3) is 0 Å². The van der Waals surface area contributed by atoms with Gasteiger partial charge < -0.3 is 15.4 Å². The van der Waals surface area contributed by atoms with E-state index >= 15 is 0 Å². The molecule has 0 aliphatic rings. The van der Waals surface area contributed by atoms with Gasteiger partial charge in [0.25, 0.3) is 10.8 Å². The second-order valence-corrected chi connectivity index (χ2v) is 2.52. The second-order valence-electron chi connectivity index (χ2n) is 2.52. The Hall–Kier alpha value is -2.62. The fourth-order valence-corrected chi connectivity index (χ4v) is 0.917. The van der Waals surface area contributed by atoms with E-state index in [0.717, 1.165) is 0 Å². The number of benzene rings is 1. The van der Waals surface area contributed by atoms with Gasteiger partial charge in [0.05, 0.1) is 12.0 Å². The van der Waals surface area contributed by atoms with Crippen molar-refractivity contribution in [2.75, 3.05) is 12.5 Å². The molecule has 0 saturated heterocycles. The molecule has 0 bridgehead atoms. The van der Waals surface area contributed by atoms with Gasteiger partial charge >= 0.3 is 0 Å². The minimum Gasteiger partial charge on any atom is -0.497 e. The summed E-state index contributed by atoms with van der Waals surface area (Å²) in [5.41, 5.74) is 2.38. The Balaban J connectivity index is 0.000000557. The predicted molar refractivity (Wildman–Crippen MR) is 56.2 cm³/mol. The highest BCUT2D eigenvalue weighted by atomic mass is 16.9. The number of nitro benzene ring substituents is 1. The van der Waals surface area contributed by atoms with Gasteiger partial charge in [0.1, 0.15) is 11.4 Å². The molecule has 17 heavy (non-hydrogen) atoms. The second kappa shape index (κ2) is 6.79. The van der Waals surface area contributed by atoms with Crippen LogP contribution in [0, 0.1) is 20.2 Å². The molecule has 0 aliphatic carbocycles. The van der Waals surface area contributed by atoms with Crippen molar-refractivity contribution in [3.8, 4) is 5.75 Å². The first-order valence-electron chi connectivity index (χ1n) is 4.04. The number of nitrogens with one attached hydrogen (secondary N) is 1. The molecule has 0 saturated carbocycles. The van der Waals surface area contributed by atoms with E-state index in [1.54, 1.807) is 0 Å². The number of nitrogens with zero attached hydrogens (tertiary/aromatic N) is 2. The van der Waals surface area contributed by atoms with Crippen LogP contribution in [0.15, 0.2) is 18.2 Å². The largest absolute Gasteiger partial charge is 0.497 e. The Morgan fingerprint density at radius 1 is 1.41 bits per heavy atom. The number of methoxy groups -OCH3 is 1. The van der Waals surface area contributed by atoms with Gasteiger partial charge in [-0.1, -0.05) is 0 Å². The lowest BCUT2D eigenvalue weighted by Crippen LogP contribution is -2.09. The highest BCUT2D eigenvalue weighted by Gasteiger charge is 2.12. The zero-order valence-corrected chi connectivity index (χ0v) is 8.69. The summed E-state index contributed by atoms with van der Waals surface area (Å²) >= 11 is 0. The molecule has 0 aromatic heterocycles. The highest BCUT2D eigenvalue weighted by Crippen LogP contribution is 2.27. The van der Waals surface area contributed by atoms with Crippen molar-refractivity contribution in [2.24, 2.45) is 5.84 Å². The van der Waals surface area contributed by atoms with Crippen LogP contribution in [0.2, 0.25) is 0 Å². The molecule has 1 aromatic rings. The minimum absolute atomic E-state index is 0.0803. The van der Waals surface area contributed by atoms with Gasteiger partial charge in [-0.05, 0) is 6.07 Å². The van der Waals surface area contributed by atoms with Crippen LogP contribution in [0.1, 0.15) is 0 Å². The van der Waals surface area contributed by atoms with Gasteiger partial charge in [-0.15, -0.1) is 10.1 Å². The van der Waals surface area contributed by atoms with Crippen molar-refractivity contribution in [1.82, 2.24) is 0 Å². The smallest absolute Gasteiger partial charge is 0.293 e. The predicted octanol–water partition coefficient (Wildman–Crippen LogP) is 0.541. The maximum absolute atomic E-state index is 10.4. The van der Waals surface area contributed by atoms with E-state index in [4.69, 9.17) is 25.9 Å². The molecular formula is C7H10N4O6. The Morgan fingerprint density at radius 2 is 1.94 bits per heavy atom. The number of anilines is 1. The summed E-state index contributed by atoms with van der Waals surface area (Å²) in [5, 5.41) is 24.1. The number of ether oxygens (including phenoxy) is 1. The van der Waals surface area contributed by atoms with Gasteiger partial charge in [-0.25, -0.2) is 0 Å². The number of hydrogen-bond acceptors (Lipinski definition) is 7. The molecule has 10 nitrogen and oxygen atoms in total. The van der Waals surface area contributed by atoms with E-state index in [1.807, 2.05) is 0 Å². The first kappa shape index (κ1) is 14.4. The maximum Gasteiger partial charge on any atom is 0.293 e. The Kier molecular flexibility index (Phi) is 5.74. The lowest BCUT2D eigenvalue weighted by Gasteiger charge is -2.03. The van der Waals surface area contributed by atoms with Crippen molar-refractivity contribution >= 4 is 11.4 Å². The van der Waals surface area contributed by atoms with E-state index in [-0.39, 0.29) is 11.4 Å². The molecule has 0 spiro atoms. The van der Waals surface area contributed by atoms with Crippen molar-refractivity contribution in [3.05, 3.63) is 38.4 Å². The van der Waals surface area contributed by atoms with Crippen molar-refractivity contribution < 1.29 is 20.0 Å². The van der Waals surface area contributed by atoms with E-state index in [9.17, 15) is 10.1 Å². The van der Waals surface area contributed by atoms with Crippen molar-refractivity contribution in [2.45, 2.75) is 0 Å². The number of nitrogen functional groups attached to an aromatic ring is 1. The average molecular weight is 246 g/mol. The molecule has 0 heterocycles. The number of nitrogens with two attached hydrogens (primary N) is 1. The Labute approximate surface area is 94.8 Å². The molecule has 0 atom stereocenters. The fourth-order valence-electron chi connectivity index (χ4n) is 0.917. The topological polar surface area (TPSA) is 154 Å². The first-order valence-corrected chi connectivity index (χ1v) is 4.04. The van der Waals surface area contributed by atoms with Crippen molar-refractivity contribution in [3.63, 3.8) is 0 Å². The summed E-state index contributed by atoms with van der Waals surface area (Å²) in [7, 11) is 1.47. The third kappa shape index (κ3) is 5.13. The van der Waals surface area contributed by atoms with Crippen LogP contribution in [0.4, 0.5) is 11.4 Å². The van der Waals surface area contributed by atoms with Crippen LogP contribution < -0.4 is 16.0 Å². The normalized spacial score (nSPS) is 8.59. The molecule has 10 heteroatoms. The van der Waals surface area contributed by atoms with Gasteiger partial charge in [0.2, 0.25) is 0 Å². The highest BCUT2D eigenvalue weighted by molar-refractivity contribution is 5.63. The van der Waals surface area contributed by atoms with Gasteiger partial charge in [0, 0.05) is 12.1 Å². The van der Waals surface area contributed by atoms with E-state index < -0.39 is 10.0 Å².